The third kappa shape index (κ3) is 2.61. The lowest BCUT2D eigenvalue weighted by Crippen LogP contribution is -2.78. The lowest BCUT2D eigenvalue weighted by Gasteiger charge is -2.70. The number of hydrogen-bond acceptors (Lipinski definition) is 7. The number of aromatic nitrogens is 1. The van der Waals surface area contributed by atoms with Gasteiger partial charge in [-0.2, -0.15) is 0 Å². The summed E-state index contributed by atoms with van der Waals surface area (Å²) in [5.41, 5.74) is 2.86. The van der Waals surface area contributed by atoms with Gasteiger partial charge in [0.05, 0.1) is 19.1 Å². The molecule has 37 heavy (non-hydrogen) atoms. The number of hydrogen-bond donors (Lipinski definition) is 1. The van der Waals surface area contributed by atoms with E-state index in [1.54, 1.807) is 20.3 Å². The van der Waals surface area contributed by atoms with E-state index in [2.05, 4.69) is 33.6 Å². The van der Waals surface area contributed by atoms with Crippen LogP contribution in [0.4, 0.5) is 0 Å². The zero-order chi connectivity index (χ0) is 25.0. The minimum absolute atomic E-state index is 0.108. The number of piperidine rings is 1. The van der Waals surface area contributed by atoms with Gasteiger partial charge in [0, 0.05) is 42.3 Å². The van der Waals surface area contributed by atoms with Gasteiger partial charge in [0.1, 0.15) is 23.7 Å². The monoisotopic (exact) mass is 503 g/mol. The number of amides is 1. The summed E-state index contributed by atoms with van der Waals surface area (Å²) < 4.78 is 24.1. The molecule has 0 unspecified atom stereocenters. The van der Waals surface area contributed by atoms with Gasteiger partial charge in [0.25, 0.3) is 0 Å². The number of likely N-dealkylation sites (tertiary alicyclic amines) is 1. The second kappa shape index (κ2) is 7.38. The first-order valence-corrected chi connectivity index (χ1v) is 13.6. The molecule has 3 heterocycles. The molecule has 1 aromatic carbocycles. The van der Waals surface area contributed by atoms with Crippen molar-refractivity contribution in [3.63, 3.8) is 0 Å². The summed E-state index contributed by atoms with van der Waals surface area (Å²) in [5.74, 6) is 2.35. The molecule has 4 bridgehead atoms. The third-order valence-electron chi connectivity index (χ3n) is 10.5. The smallest absolute Gasteiger partial charge is 0.250 e. The minimum atomic E-state index is -0.822. The summed E-state index contributed by atoms with van der Waals surface area (Å²) in [7, 11) is 3.45. The maximum Gasteiger partial charge on any atom is 0.250 e. The number of rotatable bonds is 7. The molecule has 194 valence electrons. The van der Waals surface area contributed by atoms with Gasteiger partial charge in [-0.15, -0.1) is 0 Å². The first-order valence-electron chi connectivity index (χ1n) is 13.6. The summed E-state index contributed by atoms with van der Waals surface area (Å²) in [6, 6.07) is 6.42. The second-order valence-corrected chi connectivity index (χ2v) is 11.9. The van der Waals surface area contributed by atoms with Crippen LogP contribution in [0.2, 0.25) is 0 Å². The van der Waals surface area contributed by atoms with E-state index < -0.39 is 5.60 Å². The fourth-order valence-electron chi connectivity index (χ4n) is 8.86. The van der Waals surface area contributed by atoms with Gasteiger partial charge in [0.2, 0.25) is 5.91 Å². The molecule has 2 saturated carbocycles. The summed E-state index contributed by atoms with van der Waals surface area (Å²) in [6.45, 7) is 2.52. The largest absolute Gasteiger partial charge is 0.493 e. The van der Waals surface area contributed by atoms with Crippen LogP contribution < -0.4 is 14.8 Å². The molecule has 1 amide bonds. The maximum atomic E-state index is 13.9. The molecule has 1 N–H and O–H groups in total. The number of carbonyl (C=O) groups excluding carboxylic acids is 1. The highest BCUT2D eigenvalue weighted by atomic mass is 16.6. The quantitative estimate of drug-likeness (QED) is 0.621. The minimum Gasteiger partial charge on any atom is -0.493 e. The Labute approximate surface area is 216 Å². The van der Waals surface area contributed by atoms with Gasteiger partial charge in [-0.25, -0.2) is 0 Å². The molecule has 7 aliphatic rings. The van der Waals surface area contributed by atoms with Crippen molar-refractivity contribution in [2.45, 2.75) is 68.2 Å². The number of nitrogens with one attached hydrogen (secondary N) is 1. The zero-order valence-electron chi connectivity index (χ0n) is 21.4. The fourth-order valence-corrected chi connectivity index (χ4v) is 8.86. The van der Waals surface area contributed by atoms with Gasteiger partial charge in [-0.1, -0.05) is 17.3 Å². The fraction of sp³-hybridized carbons (Fsp3) is 0.586. The molecule has 2 spiro atoms. The number of fused-ring (bicyclic) bond motifs is 1. The third-order valence-corrected chi connectivity index (χ3v) is 10.5. The molecule has 8 nitrogen and oxygen atoms in total. The first kappa shape index (κ1) is 22.2. The predicted octanol–water partition coefficient (Wildman–Crippen LogP) is 3.14. The van der Waals surface area contributed by atoms with Gasteiger partial charge >= 0.3 is 0 Å². The van der Waals surface area contributed by atoms with E-state index in [4.69, 9.17) is 18.7 Å². The van der Waals surface area contributed by atoms with Crippen LogP contribution >= 0.6 is 0 Å². The average Bonchev–Trinajstić information content (AvgIpc) is 3.43. The van der Waals surface area contributed by atoms with E-state index in [0.717, 1.165) is 56.2 Å². The van der Waals surface area contributed by atoms with Gasteiger partial charge in [-0.3, -0.25) is 9.69 Å². The van der Waals surface area contributed by atoms with E-state index in [1.807, 2.05) is 0 Å². The molecule has 0 radical (unpaired) electrons. The van der Waals surface area contributed by atoms with Crippen LogP contribution in [0.5, 0.6) is 11.5 Å². The van der Waals surface area contributed by atoms with Gasteiger partial charge in [-0.05, 0) is 62.6 Å². The Kier molecular flexibility index (Phi) is 4.42. The van der Waals surface area contributed by atoms with Crippen LogP contribution in [0.3, 0.4) is 0 Å². The molecule has 1 aromatic heterocycles. The van der Waals surface area contributed by atoms with Crippen LogP contribution in [0, 0.1) is 11.3 Å². The Hall–Kier alpha value is -2.84. The molecule has 1 saturated heterocycles. The molecule has 2 aromatic rings. The number of carbonyl (C=O) groups is 1. The van der Waals surface area contributed by atoms with Crippen LogP contribution in [-0.4, -0.2) is 61.0 Å². The van der Waals surface area contributed by atoms with E-state index in [9.17, 15) is 4.79 Å². The van der Waals surface area contributed by atoms with E-state index in [-0.39, 0.29) is 22.8 Å². The SMILES string of the molecule is COc1ccc2c3c1O[C@@H]1[C@]34CCN(CC3CC3)[C@H](C2)[C@@]42C=C(C(=O)NCc3ccon3)[C@]1(OC)CC2. The lowest BCUT2D eigenvalue weighted by molar-refractivity contribution is -0.196. The topological polar surface area (TPSA) is 86.1 Å². The Morgan fingerprint density at radius 1 is 1.22 bits per heavy atom. The molecule has 5 aliphatic carbocycles. The van der Waals surface area contributed by atoms with Gasteiger partial charge < -0.3 is 24.1 Å². The summed E-state index contributed by atoms with van der Waals surface area (Å²) >= 11 is 0. The van der Waals surface area contributed by atoms with E-state index in [0.29, 0.717) is 23.9 Å². The number of methoxy groups -OCH3 is 2. The maximum absolute atomic E-state index is 13.9. The zero-order valence-corrected chi connectivity index (χ0v) is 21.4. The normalized spacial score (nSPS) is 36.5. The molecule has 2 aliphatic heterocycles. The lowest BCUT2D eigenvalue weighted by atomic mass is 9.37. The van der Waals surface area contributed by atoms with E-state index in [1.165, 1.54) is 30.2 Å². The number of ether oxygens (including phenoxy) is 3. The second-order valence-electron chi connectivity index (χ2n) is 11.9. The highest BCUT2D eigenvalue weighted by molar-refractivity contribution is 5.97. The van der Waals surface area contributed by atoms with Crippen LogP contribution in [0.1, 0.15) is 48.9 Å². The molecule has 3 fully saturated rings. The Morgan fingerprint density at radius 2 is 2.11 bits per heavy atom. The van der Waals surface area contributed by atoms with Crippen LogP contribution in [0.15, 0.2) is 40.6 Å². The number of benzene rings is 1. The van der Waals surface area contributed by atoms with Gasteiger partial charge in [0.15, 0.2) is 11.5 Å². The Balaban J connectivity index is 1.31. The Bertz CT molecular complexity index is 1320. The van der Waals surface area contributed by atoms with Crippen molar-refractivity contribution in [1.82, 2.24) is 15.4 Å². The Morgan fingerprint density at radius 3 is 2.86 bits per heavy atom. The summed E-state index contributed by atoms with van der Waals surface area (Å²) in [6.07, 6.45) is 9.99. The van der Waals surface area contributed by atoms with Crippen molar-refractivity contribution in [2.24, 2.45) is 11.3 Å². The number of nitrogens with zero attached hydrogens (tertiary/aromatic N) is 2. The standard InChI is InChI=1S/C29H33N3O5/c1-34-21-6-5-18-13-22-27-8-9-29(35-2,20(14-27)25(33)30-15-19-7-12-36-31-19)26-28(27,23(18)24(21)37-26)10-11-32(22)16-17-3-4-17/h5-7,12,14,17,22,26H,3-4,8-11,13,15-16H2,1-2H3,(H,30,33)/t22-,26-,27-,28+,29-/m1/s1. The van der Waals surface area contributed by atoms with Crippen LogP contribution in [-0.2, 0) is 27.9 Å². The predicted molar refractivity (Wildman–Crippen MR) is 133 cm³/mol. The van der Waals surface area contributed by atoms with Crippen LogP contribution in [0.25, 0.3) is 0 Å². The molecular formula is C29H33N3O5. The van der Waals surface area contributed by atoms with Crippen molar-refractivity contribution in [3.05, 3.63) is 52.9 Å². The summed E-state index contributed by atoms with van der Waals surface area (Å²) in [5, 5.41) is 7.05. The molecule has 8 heteroatoms. The van der Waals surface area contributed by atoms with Crippen molar-refractivity contribution >= 4 is 5.91 Å². The van der Waals surface area contributed by atoms with Crippen molar-refractivity contribution < 1.29 is 23.5 Å². The summed E-state index contributed by atoms with van der Waals surface area (Å²) in [4.78, 5) is 16.6. The van der Waals surface area contributed by atoms with Crippen molar-refractivity contribution in [2.75, 3.05) is 27.3 Å². The highest BCUT2D eigenvalue weighted by Crippen LogP contribution is 2.74. The van der Waals surface area contributed by atoms with E-state index >= 15 is 0 Å². The first-order chi connectivity index (χ1) is 18.1. The molecule has 5 atom stereocenters. The molecular weight excluding hydrogens is 470 g/mol. The highest BCUT2D eigenvalue weighted by Gasteiger charge is 2.79. The van der Waals surface area contributed by atoms with Crippen molar-refractivity contribution in [3.8, 4) is 11.5 Å². The van der Waals surface area contributed by atoms with Crippen molar-refractivity contribution in [1.29, 1.82) is 0 Å². The molecule has 9 rings (SSSR count). The average molecular weight is 504 g/mol.